The predicted molar refractivity (Wildman–Crippen MR) is 33.9 cm³/mol. The molecule has 10 heavy (non-hydrogen) atoms. The van der Waals surface area contributed by atoms with Crippen LogP contribution in [0.15, 0.2) is 5.11 Å². The lowest BCUT2D eigenvalue weighted by Gasteiger charge is -1.83. The summed E-state index contributed by atoms with van der Waals surface area (Å²) in [5, 5.41) is 3.06. The van der Waals surface area contributed by atoms with Gasteiger partial charge in [-0.15, -0.1) is 0 Å². The molecule has 0 bridgehead atoms. The zero-order chi connectivity index (χ0) is 7.19. The van der Waals surface area contributed by atoms with Gasteiger partial charge in [0.05, 0.1) is 0 Å². The van der Waals surface area contributed by atoms with E-state index >= 15 is 0 Å². The van der Waals surface area contributed by atoms with Gasteiger partial charge in [0.25, 0.3) is 0 Å². The van der Waals surface area contributed by atoms with Crippen LogP contribution in [0, 0.1) is 11.3 Å². The van der Waals surface area contributed by atoms with E-state index in [0.29, 0.717) is 5.41 Å². The van der Waals surface area contributed by atoms with Gasteiger partial charge in [0, 0.05) is 10.8 Å². The molecule has 1 amide bonds. The normalized spacial score (nSPS) is 31.0. The van der Waals surface area contributed by atoms with Crippen molar-refractivity contribution in [2.24, 2.45) is 16.4 Å². The zero-order valence-corrected chi connectivity index (χ0v) is 5.45. The van der Waals surface area contributed by atoms with Crippen LogP contribution in [0.5, 0.6) is 0 Å². The third-order valence-corrected chi connectivity index (χ3v) is 2.52. The number of nitrogens with zero attached hydrogens (tertiary/aromatic N) is 3. The molecule has 2 aliphatic rings. The molecule has 2 rings (SSSR count). The molecule has 4 heteroatoms. The van der Waals surface area contributed by atoms with E-state index in [2.05, 4.69) is 10.0 Å². The smallest absolute Gasteiger partial charge is 0.222 e. The molecule has 2 fully saturated rings. The first-order valence-corrected chi connectivity index (χ1v) is 3.37. The zero-order valence-electron chi connectivity index (χ0n) is 5.45. The van der Waals surface area contributed by atoms with Gasteiger partial charge in [-0.3, -0.25) is 4.79 Å². The Labute approximate surface area is 57.8 Å². The highest BCUT2D eigenvalue weighted by atomic mass is 16.2. The number of hydrogen-bond donors (Lipinski definition) is 0. The van der Waals surface area contributed by atoms with Gasteiger partial charge in [-0.25, -0.2) is 0 Å². The molecule has 0 heterocycles. The van der Waals surface area contributed by atoms with Crippen LogP contribution in [0.25, 0.3) is 10.4 Å². The maximum atomic E-state index is 10.8. The van der Waals surface area contributed by atoms with E-state index in [1.807, 2.05) is 0 Å². The molecular formula is C6H7N3O. The van der Waals surface area contributed by atoms with E-state index in [4.69, 9.17) is 5.53 Å². The Hall–Kier alpha value is -1.02. The highest BCUT2D eigenvalue weighted by Gasteiger charge is 2.65. The summed E-state index contributed by atoms with van der Waals surface area (Å²) in [7, 11) is 0. The topological polar surface area (TPSA) is 65.8 Å². The Morgan fingerprint density at radius 2 is 2.40 bits per heavy atom. The van der Waals surface area contributed by atoms with Gasteiger partial charge in [0.2, 0.25) is 5.91 Å². The van der Waals surface area contributed by atoms with Gasteiger partial charge >= 0.3 is 0 Å². The minimum atomic E-state index is -0.250. The summed E-state index contributed by atoms with van der Waals surface area (Å²) in [4.78, 5) is 13.3. The van der Waals surface area contributed by atoms with Crippen LogP contribution in [0.4, 0.5) is 0 Å². The molecule has 2 aliphatic carbocycles. The van der Waals surface area contributed by atoms with Crippen molar-refractivity contribution < 1.29 is 4.79 Å². The molecule has 0 aromatic carbocycles. The molecule has 1 spiro atoms. The third kappa shape index (κ3) is 0.625. The summed E-state index contributed by atoms with van der Waals surface area (Å²) < 4.78 is 0. The predicted octanol–water partition coefficient (Wildman–Crippen LogP) is 1.62. The largest absolute Gasteiger partial charge is 0.292 e. The van der Waals surface area contributed by atoms with Gasteiger partial charge in [-0.2, -0.15) is 0 Å². The van der Waals surface area contributed by atoms with Gasteiger partial charge in [-0.05, 0) is 35.3 Å². The maximum absolute atomic E-state index is 10.8. The maximum Gasteiger partial charge on any atom is 0.222 e. The van der Waals surface area contributed by atoms with Crippen LogP contribution in [0.1, 0.15) is 19.3 Å². The summed E-state index contributed by atoms with van der Waals surface area (Å²) in [6.07, 6.45) is 3.28. The average molecular weight is 137 g/mol. The first-order valence-electron chi connectivity index (χ1n) is 3.37. The van der Waals surface area contributed by atoms with E-state index in [-0.39, 0.29) is 11.8 Å². The van der Waals surface area contributed by atoms with Crippen molar-refractivity contribution in [3.63, 3.8) is 0 Å². The Morgan fingerprint density at radius 3 is 2.80 bits per heavy atom. The van der Waals surface area contributed by atoms with E-state index in [9.17, 15) is 4.79 Å². The van der Waals surface area contributed by atoms with Crippen molar-refractivity contribution in [1.29, 1.82) is 0 Å². The second-order valence-corrected chi connectivity index (χ2v) is 3.15. The van der Waals surface area contributed by atoms with E-state index in [1.165, 1.54) is 0 Å². The van der Waals surface area contributed by atoms with Crippen molar-refractivity contribution in [2.45, 2.75) is 19.3 Å². The molecule has 1 unspecified atom stereocenters. The molecule has 0 N–H and O–H groups in total. The fourth-order valence-corrected chi connectivity index (χ4v) is 1.52. The number of amides is 1. The molecule has 1 atom stereocenters. The number of carbonyl (C=O) groups excluding carboxylic acids is 1. The Morgan fingerprint density at radius 1 is 1.70 bits per heavy atom. The average Bonchev–Trinajstić information content (AvgIpc) is 2.76. The first-order chi connectivity index (χ1) is 4.78. The van der Waals surface area contributed by atoms with Gasteiger partial charge in [0.1, 0.15) is 0 Å². The Bertz CT molecular complexity index is 237. The lowest BCUT2D eigenvalue weighted by Crippen LogP contribution is -1.95. The quantitative estimate of drug-likeness (QED) is 0.307. The van der Waals surface area contributed by atoms with Crippen molar-refractivity contribution in [2.75, 3.05) is 0 Å². The molecule has 2 saturated carbocycles. The highest BCUT2D eigenvalue weighted by Crippen LogP contribution is 2.70. The van der Waals surface area contributed by atoms with Gasteiger partial charge < -0.3 is 0 Å². The van der Waals surface area contributed by atoms with E-state index < -0.39 is 0 Å². The summed E-state index contributed by atoms with van der Waals surface area (Å²) in [6, 6.07) is 0. The molecular weight excluding hydrogens is 130 g/mol. The monoisotopic (exact) mass is 137 g/mol. The van der Waals surface area contributed by atoms with Crippen LogP contribution in [-0.4, -0.2) is 5.91 Å². The van der Waals surface area contributed by atoms with Crippen LogP contribution < -0.4 is 0 Å². The standard InChI is InChI=1S/C6H7N3O/c7-9-8-5(10)4-3-6(4)1-2-6/h4H,1-3H2. The summed E-state index contributed by atoms with van der Waals surface area (Å²) in [5.74, 6) is -0.164. The number of hydrogen-bond acceptors (Lipinski definition) is 1. The van der Waals surface area contributed by atoms with Crippen LogP contribution in [0.2, 0.25) is 0 Å². The highest BCUT2D eigenvalue weighted by molar-refractivity contribution is 5.84. The number of azide groups is 1. The fraction of sp³-hybridized carbons (Fsp3) is 0.833. The molecule has 0 aliphatic heterocycles. The van der Waals surface area contributed by atoms with Crippen molar-refractivity contribution in [1.82, 2.24) is 0 Å². The molecule has 0 saturated heterocycles. The van der Waals surface area contributed by atoms with Crippen molar-refractivity contribution in [3.8, 4) is 0 Å². The van der Waals surface area contributed by atoms with Crippen LogP contribution in [-0.2, 0) is 4.79 Å². The summed E-state index contributed by atoms with van der Waals surface area (Å²) >= 11 is 0. The molecule has 0 radical (unpaired) electrons. The fourth-order valence-electron chi connectivity index (χ4n) is 1.52. The summed E-state index contributed by atoms with van der Waals surface area (Å²) in [5.41, 5.74) is 8.27. The Balaban J connectivity index is 2.02. The lowest BCUT2D eigenvalue weighted by atomic mass is 10.3. The van der Waals surface area contributed by atoms with Crippen molar-refractivity contribution in [3.05, 3.63) is 10.4 Å². The number of carbonyl (C=O) groups is 1. The van der Waals surface area contributed by atoms with E-state index in [0.717, 1.165) is 19.3 Å². The van der Waals surface area contributed by atoms with Crippen LogP contribution in [0.3, 0.4) is 0 Å². The first kappa shape index (κ1) is 5.74. The van der Waals surface area contributed by atoms with E-state index in [1.54, 1.807) is 0 Å². The molecule has 52 valence electrons. The SMILES string of the molecule is [N-]=[N+]=NC(=O)C1CC12CC2. The Kier molecular flexibility index (Phi) is 0.874. The van der Waals surface area contributed by atoms with Gasteiger partial charge in [-0.1, -0.05) is 0 Å². The molecule has 4 nitrogen and oxygen atoms in total. The van der Waals surface area contributed by atoms with Crippen molar-refractivity contribution >= 4 is 5.91 Å². The molecule has 0 aromatic heterocycles. The van der Waals surface area contributed by atoms with Gasteiger partial charge in [0.15, 0.2) is 0 Å². The van der Waals surface area contributed by atoms with Crippen LogP contribution >= 0.6 is 0 Å². The third-order valence-electron chi connectivity index (χ3n) is 2.52. The second-order valence-electron chi connectivity index (χ2n) is 3.15. The lowest BCUT2D eigenvalue weighted by molar-refractivity contribution is -0.119. The second kappa shape index (κ2) is 1.52. The molecule has 0 aromatic rings. The number of rotatable bonds is 1. The minimum Gasteiger partial charge on any atom is -0.292 e. The minimum absolute atomic E-state index is 0.0865. The summed E-state index contributed by atoms with van der Waals surface area (Å²) in [6.45, 7) is 0.